The Morgan fingerprint density at radius 1 is 1.07 bits per heavy atom. The molecule has 0 aliphatic heterocycles. The molecule has 6 heteroatoms. The first-order valence-corrected chi connectivity index (χ1v) is 9.63. The fourth-order valence-corrected chi connectivity index (χ4v) is 4.57. The van der Waals surface area contributed by atoms with Crippen LogP contribution in [-0.2, 0) is 4.74 Å². The number of halogens is 4. The molecule has 0 heterocycles. The van der Waals surface area contributed by atoms with Gasteiger partial charge in [0.2, 0.25) is 0 Å². The van der Waals surface area contributed by atoms with Gasteiger partial charge >= 0.3 is 6.36 Å². The molecule has 0 N–H and O–H groups in total. The third-order valence-electron chi connectivity index (χ3n) is 5.88. The average Bonchev–Trinajstić information content (AvgIpc) is 2.62. The minimum absolute atomic E-state index is 0.196. The van der Waals surface area contributed by atoms with Crippen molar-refractivity contribution >= 4 is 0 Å². The minimum Gasteiger partial charge on any atom is -0.403 e. The van der Waals surface area contributed by atoms with Gasteiger partial charge in [-0.1, -0.05) is 18.2 Å². The van der Waals surface area contributed by atoms with Gasteiger partial charge in [-0.2, -0.15) is 0 Å². The molecular weight excluding hydrogens is 360 g/mol. The van der Waals surface area contributed by atoms with Crippen molar-refractivity contribution < 1.29 is 27.0 Å². The van der Waals surface area contributed by atoms with E-state index in [0.29, 0.717) is 24.5 Å². The molecule has 2 saturated carbocycles. The topological polar surface area (TPSA) is 18.5 Å². The average molecular weight is 386 g/mol. The maximum atomic E-state index is 14.0. The second-order valence-electron chi connectivity index (χ2n) is 7.61. The van der Waals surface area contributed by atoms with Crippen LogP contribution in [0.25, 0.3) is 0 Å². The molecule has 0 radical (unpaired) electrons. The fourth-order valence-electron chi connectivity index (χ4n) is 4.57. The number of rotatable bonds is 5. The zero-order valence-corrected chi connectivity index (χ0v) is 15.5. The molecule has 0 saturated heterocycles. The minimum atomic E-state index is -4.88. The zero-order chi connectivity index (χ0) is 19.4. The monoisotopic (exact) mass is 386 g/mol. The Hall–Kier alpha value is -1.56. The van der Waals surface area contributed by atoms with Crippen molar-refractivity contribution in [2.45, 2.75) is 63.8 Å². The molecule has 2 aliphatic carbocycles. The van der Waals surface area contributed by atoms with Crippen LogP contribution in [0.3, 0.4) is 0 Å². The summed E-state index contributed by atoms with van der Waals surface area (Å²) in [4.78, 5) is 0. The van der Waals surface area contributed by atoms with Crippen molar-refractivity contribution in [1.29, 1.82) is 0 Å². The van der Waals surface area contributed by atoms with E-state index in [-0.39, 0.29) is 5.92 Å². The molecule has 4 unspecified atom stereocenters. The lowest BCUT2D eigenvalue weighted by Gasteiger charge is -2.42. The van der Waals surface area contributed by atoms with Crippen LogP contribution in [-0.4, -0.2) is 19.1 Å². The van der Waals surface area contributed by atoms with Crippen molar-refractivity contribution in [2.75, 3.05) is 6.61 Å². The Morgan fingerprint density at radius 3 is 2.52 bits per heavy atom. The summed E-state index contributed by atoms with van der Waals surface area (Å²) >= 11 is 0. The molecule has 2 aliphatic rings. The molecule has 27 heavy (non-hydrogen) atoms. The Balaban J connectivity index is 1.58. The van der Waals surface area contributed by atoms with Gasteiger partial charge in [-0.3, -0.25) is 0 Å². The van der Waals surface area contributed by atoms with Crippen LogP contribution in [0, 0.1) is 17.7 Å². The van der Waals surface area contributed by atoms with Gasteiger partial charge in [-0.15, -0.1) is 13.2 Å². The van der Waals surface area contributed by atoms with Crippen LogP contribution in [0.15, 0.2) is 30.4 Å². The Bertz CT molecular complexity index is 656. The van der Waals surface area contributed by atoms with E-state index in [4.69, 9.17) is 4.74 Å². The molecule has 4 atom stereocenters. The molecular formula is C21H26F4O2. The predicted octanol–water partition coefficient (Wildman–Crippen LogP) is 6.37. The van der Waals surface area contributed by atoms with Gasteiger partial charge in [0.1, 0.15) is 0 Å². The van der Waals surface area contributed by atoms with Crippen molar-refractivity contribution in [1.82, 2.24) is 0 Å². The number of ether oxygens (including phenoxy) is 2. The first kappa shape index (κ1) is 20.2. The first-order valence-electron chi connectivity index (χ1n) is 9.63. The predicted molar refractivity (Wildman–Crippen MR) is 95.1 cm³/mol. The molecule has 150 valence electrons. The lowest BCUT2D eigenvalue weighted by atomic mass is 9.65. The molecule has 3 rings (SSSR count). The van der Waals surface area contributed by atoms with Crippen LogP contribution >= 0.6 is 0 Å². The number of fused-ring (bicyclic) bond motifs is 1. The molecule has 0 bridgehead atoms. The lowest BCUT2D eigenvalue weighted by Crippen LogP contribution is -2.33. The maximum absolute atomic E-state index is 14.0. The van der Waals surface area contributed by atoms with E-state index in [1.165, 1.54) is 6.07 Å². The Kier molecular flexibility index (Phi) is 6.45. The van der Waals surface area contributed by atoms with Gasteiger partial charge in [0.15, 0.2) is 11.6 Å². The highest BCUT2D eigenvalue weighted by molar-refractivity contribution is 5.32. The van der Waals surface area contributed by atoms with E-state index >= 15 is 0 Å². The first-order chi connectivity index (χ1) is 12.9. The molecule has 0 aromatic heterocycles. The molecule has 0 amide bonds. The molecule has 2 fully saturated rings. The van der Waals surface area contributed by atoms with Gasteiger partial charge in [-0.05, 0) is 80.9 Å². The van der Waals surface area contributed by atoms with Gasteiger partial charge in [-0.25, -0.2) is 4.39 Å². The van der Waals surface area contributed by atoms with Gasteiger partial charge in [0, 0.05) is 0 Å². The standard InChI is InChI=1S/C21H26F4O2/c1-2-3-10-26-18-8-6-15-11-14(4-5-16(15)12-18)17-7-9-20(19(22)13-17)27-21(23,24)25/h2-3,7,9,13-16,18H,4-6,8,10-12H2,1H3/b3-2+. The molecule has 0 spiro atoms. The highest BCUT2D eigenvalue weighted by Gasteiger charge is 2.37. The second-order valence-corrected chi connectivity index (χ2v) is 7.61. The van der Waals surface area contributed by atoms with Crippen LogP contribution in [0.5, 0.6) is 5.75 Å². The molecule has 1 aromatic rings. The zero-order valence-electron chi connectivity index (χ0n) is 15.5. The summed E-state index contributed by atoms with van der Waals surface area (Å²) < 4.78 is 60.5. The fraction of sp³-hybridized carbons (Fsp3) is 0.619. The number of hydrogen-bond acceptors (Lipinski definition) is 2. The Labute approximate surface area is 157 Å². The van der Waals surface area contributed by atoms with Crippen LogP contribution < -0.4 is 4.74 Å². The van der Waals surface area contributed by atoms with Gasteiger partial charge in [0.25, 0.3) is 0 Å². The van der Waals surface area contributed by atoms with Crippen molar-refractivity contribution in [3.63, 3.8) is 0 Å². The highest BCUT2D eigenvalue weighted by atomic mass is 19.4. The van der Waals surface area contributed by atoms with Crippen molar-refractivity contribution in [3.05, 3.63) is 41.7 Å². The van der Waals surface area contributed by atoms with E-state index in [2.05, 4.69) is 4.74 Å². The van der Waals surface area contributed by atoms with E-state index in [0.717, 1.165) is 50.2 Å². The number of benzene rings is 1. The smallest absolute Gasteiger partial charge is 0.403 e. The van der Waals surface area contributed by atoms with Gasteiger partial charge in [0.05, 0.1) is 12.7 Å². The largest absolute Gasteiger partial charge is 0.573 e. The quantitative estimate of drug-likeness (QED) is 0.432. The van der Waals surface area contributed by atoms with Crippen molar-refractivity contribution in [3.8, 4) is 5.75 Å². The van der Waals surface area contributed by atoms with E-state index in [9.17, 15) is 17.6 Å². The van der Waals surface area contributed by atoms with E-state index in [1.807, 2.05) is 19.1 Å². The summed E-state index contributed by atoms with van der Waals surface area (Å²) in [5.41, 5.74) is 0.770. The lowest BCUT2D eigenvalue weighted by molar-refractivity contribution is -0.275. The number of allylic oxidation sites excluding steroid dienone is 1. The second kappa shape index (κ2) is 8.63. The summed E-state index contributed by atoms with van der Waals surface area (Å²) in [6.45, 7) is 2.64. The SMILES string of the molecule is C/C=C/COC1CCC2CC(c3ccc(OC(F)(F)F)c(F)c3)CCC2C1. The van der Waals surface area contributed by atoms with Crippen molar-refractivity contribution in [2.24, 2.45) is 11.8 Å². The summed E-state index contributed by atoms with van der Waals surface area (Å²) in [7, 11) is 0. The summed E-state index contributed by atoms with van der Waals surface area (Å²) in [5, 5.41) is 0. The summed E-state index contributed by atoms with van der Waals surface area (Å²) in [6, 6.07) is 3.87. The normalized spacial score (nSPS) is 28.9. The third kappa shape index (κ3) is 5.47. The van der Waals surface area contributed by atoms with Crippen LogP contribution in [0.1, 0.15) is 56.9 Å². The van der Waals surface area contributed by atoms with E-state index in [1.54, 1.807) is 6.07 Å². The number of alkyl halides is 3. The Morgan fingerprint density at radius 2 is 1.81 bits per heavy atom. The van der Waals surface area contributed by atoms with E-state index < -0.39 is 17.9 Å². The molecule has 2 nitrogen and oxygen atoms in total. The number of hydrogen-bond donors (Lipinski definition) is 0. The maximum Gasteiger partial charge on any atom is 0.573 e. The summed E-state index contributed by atoms with van der Waals surface area (Å²) in [5.74, 6) is -0.310. The van der Waals surface area contributed by atoms with Crippen LogP contribution in [0.2, 0.25) is 0 Å². The third-order valence-corrected chi connectivity index (χ3v) is 5.88. The summed E-state index contributed by atoms with van der Waals surface area (Å²) in [6.07, 6.45) is 5.60. The molecule has 1 aromatic carbocycles. The van der Waals surface area contributed by atoms with Crippen LogP contribution in [0.4, 0.5) is 17.6 Å². The van der Waals surface area contributed by atoms with Gasteiger partial charge < -0.3 is 9.47 Å². The highest BCUT2D eigenvalue weighted by Crippen LogP contribution is 2.47.